The fraction of sp³-hybridized carbons (Fsp3) is 0.0769. The summed E-state index contributed by atoms with van der Waals surface area (Å²) in [6, 6.07) is 8.87. The molecule has 0 fully saturated rings. The highest BCUT2D eigenvalue weighted by Gasteiger charge is 2.08. The van der Waals surface area contributed by atoms with Crippen molar-refractivity contribution in [3.05, 3.63) is 58.3 Å². The van der Waals surface area contributed by atoms with Crippen LogP contribution < -0.4 is 4.74 Å². The molecule has 20 heavy (non-hydrogen) atoms. The number of ether oxygens (including phenoxy) is 1. The number of rotatable bonds is 5. The van der Waals surface area contributed by atoms with Crippen molar-refractivity contribution < 1.29 is 19.6 Å². The molecule has 0 bridgehead atoms. The number of nitrogens with zero attached hydrogens (tertiary/aromatic N) is 2. The average molecular weight is 274 g/mol. The van der Waals surface area contributed by atoms with E-state index in [9.17, 15) is 14.9 Å². The smallest absolute Gasteiger partial charge is 0.307 e. The van der Waals surface area contributed by atoms with Gasteiger partial charge in [-0.2, -0.15) is 0 Å². The molecular weight excluding hydrogens is 264 g/mol. The molecule has 0 unspecified atom stereocenters. The minimum absolute atomic E-state index is 0.0741. The Balaban J connectivity index is 2.11. The maximum atomic E-state index is 10.6. The van der Waals surface area contributed by atoms with Crippen LogP contribution in [0.15, 0.2) is 42.6 Å². The lowest BCUT2D eigenvalue weighted by Gasteiger charge is -2.05. The van der Waals surface area contributed by atoms with Crippen molar-refractivity contribution in [3.63, 3.8) is 0 Å². The van der Waals surface area contributed by atoms with Gasteiger partial charge >= 0.3 is 5.97 Å². The number of carbonyl (C=O) groups is 1. The highest BCUT2D eigenvalue weighted by molar-refractivity contribution is 5.70. The number of carboxylic acid groups (broad SMARTS) is 1. The van der Waals surface area contributed by atoms with Crippen LogP contribution >= 0.6 is 0 Å². The van der Waals surface area contributed by atoms with E-state index in [4.69, 9.17) is 9.84 Å². The molecule has 2 aromatic rings. The average Bonchev–Trinajstić information content (AvgIpc) is 2.41. The lowest BCUT2D eigenvalue weighted by molar-refractivity contribution is -0.385. The number of aliphatic carboxylic acids is 1. The molecule has 1 heterocycles. The van der Waals surface area contributed by atoms with Crippen LogP contribution in [-0.4, -0.2) is 21.0 Å². The molecule has 0 spiro atoms. The first-order chi connectivity index (χ1) is 9.54. The molecule has 0 saturated carbocycles. The number of aromatic nitrogens is 1. The van der Waals surface area contributed by atoms with E-state index in [2.05, 4.69) is 4.98 Å². The van der Waals surface area contributed by atoms with Crippen LogP contribution in [-0.2, 0) is 11.2 Å². The zero-order chi connectivity index (χ0) is 14.5. The molecule has 0 aliphatic carbocycles. The summed E-state index contributed by atoms with van der Waals surface area (Å²) < 4.78 is 5.37. The molecule has 1 aromatic heterocycles. The van der Waals surface area contributed by atoms with Crippen molar-refractivity contribution in [2.24, 2.45) is 0 Å². The molecule has 7 heteroatoms. The first-order valence-electron chi connectivity index (χ1n) is 5.63. The zero-order valence-corrected chi connectivity index (χ0v) is 10.2. The predicted molar refractivity (Wildman–Crippen MR) is 68.7 cm³/mol. The summed E-state index contributed by atoms with van der Waals surface area (Å²) in [6.07, 6.45) is 1.21. The minimum Gasteiger partial charge on any atom is -0.481 e. The van der Waals surface area contributed by atoms with E-state index in [1.807, 2.05) is 0 Å². The molecule has 0 aliphatic heterocycles. The van der Waals surface area contributed by atoms with Gasteiger partial charge in [-0.05, 0) is 17.7 Å². The maximum absolute atomic E-state index is 10.6. The Morgan fingerprint density at radius 2 is 2.00 bits per heavy atom. The maximum Gasteiger partial charge on any atom is 0.307 e. The molecular formula is C13H10N2O5. The SMILES string of the molecule is O=C(O)Cc1ccc(Oc2cc([N+](=O)[O-])ccn2)cc1. The molecule has 102 valence electrons. The van der Waals surface area contributed by atoms with E-state index in [1.54, 1.807) is 24.3 Å². The van der Waals surface area contributed by atoms with Crippen molar-refractivity contribution in [1.29, 1.82) is 0 Å². The fourth-order valence-electron chi connectivity index (χ4n) is 1.54. The largest absolute Gasteiger partial charge is 0.481 e. The molecule has 7 nitrogen and oxygen atoms in total. The third kappa shape index (κ3) is 3.52. The van der Waals surface area contributed by atoms with Gasteiger partial charge in [-0.25, -0.2) is 4.98 Å². The molecule has 2 rings (SSSR count). The topological polar surface area (TPSA) is 103 Å². The van der Waals surface area contributed by atoms with Crippen molar-refractivity contribution in [2.45, 2.75) is 6.42 Å². The molecule has 0 radical (unpaired) electrons. The van der Waals surface area contributed by atoms with Crippen LogP contribution in [0.4, 0.5) is 5.69 Å². The number of carboxylic acids is 1. The van der Waals surface area contributed by atoms with Gasteiger partial charge in [0.15, 0.2) is 0 Å². The standard InChI is InChI=1S/C13H10N2O5/c16-13(17)7-9-1-3-11(4-2-9)20-12-8-10(15(18)19)5-6-14-12/h1-6,8H,7H2,(H,16,17). The van der Waals surface area contributed by atoms with E-state index in [-0.39, 0.29) is 18.0 Å². The number of hydrogen-bond acceptors (Lipinski definition) is 5. The van der Waals surface area contributed by atoms with Crippen LogP contribution in [0, 0.1) is 10.1 Å². The van der Waals surface area contributed by atoms with E-state index in [0.717, 1.165) is 0 Å². The van der Waals surface area contributed by atoms with Crippen molar-refractivity contribution in [3.8, 4) is 11.6 Å². The molecule has 0 aliphatic rings. The molecule has 0 saturated heterocycles. The second kappa shape index (κ2) is 5.79. The van der Waals surface area contributed by atoms with Gasteiger partial charge in [0.1, 0.15) is 5.75 Å². The monoisotopic (exact) mass is 274 g/mol. The first kappa shape index (κ1) is 13.5. The summed E-state index contributed by atoms with van der Waals surface area (Å²) in [4.78, 5) is 24.5. The number of pyridine rings is 1. The lowest BCUT2D eigenvalue weighted by atomic mass is 10.1. The molecule has 0 atom stereocenters. The van der Waals surface area contributed by atoms with Gasteiger partial charge in [-0.1, -0.05) is 12.1 Å². The Bertz CT molecular complexity index is 639. The van der Waals surface area contributed by atoms with Gasteiger partial charge in [-0.15, -0.1) is 0 Å². The summed E-state index contributed by atoms with van der Waals surface area (Å²) in [5, 5.41) is 19.3. The molecule has 0 amide bonds. The summed E-state index contributed by atoms with van der Waals surface area (Å²) in [5.74, 6) is -0.392. The Morgan fingerprint density at radius 3 is 2.60 bits per heavy atom. The van der Waals surface area contributed by atoms with E-state index in [1.165, 1.54) is 18.3 Å². The summed E-state index contributed by atoms with van der Waals surface area (Å²) >= 11 is 0. The minimum atomic E-state index is -0.918. The molecule has 1 aromatic carbocycles. The number of hydrogen-bond donors (Lipinski definition) is 1. The van der Waals surface area contributed by atoms with E-state index < -0.39 is 10.9 Å². The van der Waals surface area contributed by atoms with Gasteiger partial charge in [-0.3, -0.25) is 14.9 Å². The quantitative estimate of drug-likeness (QED) is 0.663. The summed E-state index contributed by atoms with van der Waals surface area (Å²) in [5.41, 5.74) is 0.523. The van der Waals surface area contributed by atoms with Crippen LogP contribution in [0.1, 0.15) is 5.56 Å². The third-order valence-electron chi connectivity index (χ3n) is 2.43. The highest BCUT2D eigenvalue weighted by Crippen LogP contribution is 2.23. The summed E-state index contributed by atoms with van der Waals surface area (Å²) in [6.45, 7) is 0. The third-order valence-corrected chi connectivity index (χ3v) is 2.43. The lowest BCUT2D eigenvalue weighted by Crippen LogP contribution is -1.99. The summed E-state index contributed by atoms with van der Waals surface area (Å²) in [7, 11) is 0. The van der Waals surface area contributed by atoms with Crippen LogP contribution in [0.5, 0.6) is 11.6 Å². The molecule has 1 N–H and O–H groups in total. The van der Waals surface area contributed by atoms with Crippen LogP contribution in [0.25, 0.3) is 0 Å². The Kier molecular flexibility index (Phi) is 3.90. The number of benzene rings is 1. The van der Waals surface area contributed by atoms with Gasteiger partial charge in [0.05, 0.1) is 17.4 Å². The van der Waals surface area contributed by atoms with E-state index in [0.29, 0.717) is 11.3 Å². The Morgan fingerprint density at radius 1 is 1.30 bits per heavy atom. The second-order valence-corrected chi connectivity index (χ2v) is 3.93. The van der Waals surface area contributed by atoms with Crippen LogP contribution in [0.3, 0.4) is 0 Å². The predicted octanol–water partition coefficient (Wildman–Crippen LogP) is 2.41. The van der Waals surface area contributed by atoms with Crippen LogP contribution in [0.2, 0.25) is 0 Å². The van der Waals surface area contributed by atoms with Gasteiger partial charge in [0, 0.05) is 12.3 Å². The van der Waals surface area contributed by atoms with Gasteiger partial charge in [0.2, 0.25) is 5.88 Å². The first-order valence-corrected chi connectivity index (χ1v) is 5.63. The van der Waals surface area contributed by atoms with Crippen molar-refractivity contribution >= 4 is 11.7 Å². The van der Waals surface area contributed by atoms with Gasteiger partial charge < -0.3 is 9.84 Å². The fourth-order valence-corrected chi connectivity index (χ4v) is 1.54. The normalized spacial score (nSPS) is 10.0. The highest BCUT2D eigenvalue weighted by atomic mass is 16.6. The van der Waals surface area contributed by atoms with Gasteiger partial charge in [0.25, 0.3) is 5.69 Å². The van der Waals surface area contributed by atoms with Crippen molar-refractivity contribution in [1.82, 2.24) is 4.98 Å². The number of nitro groups is 1. The zero-order valence-electron chi connectivity index (χ0n) is 10.2. The Hall–Kier alpha value is -2.96. The Labute approximate surface area is 113 Å². The second-order valence-electron chi connectivity index (χ2n) is 3.93. The van der Waals surface area contributed by atoms with E-state index >= 15 is 0 Å². The van der Waals surface area contributed by atoms with Crippen molar-refractivity contribution in [2.75, 3.05) is 0 Å².